The van der Waals surface area contributed by atoms with E-state index in [9.17, 15) is 9.90 Å². The van der Waals surface area contributed by atoms with Crippen LogP contribution in [0.4, 0.5) is 0 Å². The smallest absolute Gasteiger partial charge is 0.185 e. The van der Waals surface area contributed by atoms with Crippen LogP contribution >= 0.6 is 0 Å². The topological polar surface area (TPSA) is 63.6 Å². The molecule has 0 spiro atoms. The van der Waals surface area contributed by atoms with Crippen molar-refractivity contribution >= 4 is 6.29 Å². The summed E-state index contributed by atoms with van der Waals surface area (Å²) in [4.78, 5) is 10.4. The Balaban J connectivity index is 2.06. The number of rotatable bonds is 4. The maximum absolute atomic E-state index is 10.4. The van der Waals surface area contributed by atoms with Gasteiger partial charge >= 0.3 is 0 Å². The predicted molar refractivity (Wildman–Crippen MR) is 56.2 cm³/mol. The molecule has 2 aromatic heterocycles. The molecule has 2 heterocycles. The van der Waals surface area contributed by atoms with Crippen LogP contribution in [0.2, 0.25) is 0 Å². The molecule has 2 rings (SSSR count). The first kappa shape index (κ1) is 10.7. The molecule has 1 unspecified atom stereocenters. The summed E-state index contributed by atoms with van der Waals surface area (Å²) in [6, 6.07) is 6.76. The molecule has 0 radical (unpaired) electrons. The molecule has 0 fully saturated rings. The van der Waals surface area contributed by atoms with E-state index in [0.29, 0.717) is 24.2 Å². The highest BCUT2D eigenvalue weighted by atomic mass is 16.4. The van der Waals surface area contributed by atoms with Gasteiger partial charge in [-0.3, -0.25) is 4.79 Å². The molecule has 0 aromatic carbocycles. The van der Waals surface area contributed by atoms with E-state index in [1.165, 1.54) is 0 Å². The lowest BCUT2D eigenvalue weighted by Gasteiger charge is -2.04. The second kappa shape index (κ2) is 4.37. The third-order valence-electron chi connectivity index (χ3n) is 2.28. The molecule has 1 N–H and O–H groups in total. The fraction of sp³-hybridized carbons (Fsp3) is 0.250. The fourth-order valence-electron chi connectivity index (χ4n) is 1.49. The van der Waals surface area contributed by atoms with Crippen molar-refractivity contribution in [2.45, 2.75) is 19.4 Å². The Bertz CT molecular complexity index is 481. The van der Waals surface area contributed by atoms with Gasteiger partial charge in [-0.1, -0.05) is 0 Å². The van der Waals surface area contributed by atoms with Crippen molar-refractivity contribution in [2.75, 3.05) is 0 Å². The van der Waals surface area contributed by atoms with Crippen LogP contribution in [-0.2, 0) is 6.42 Å². The average Bonchev–Trinajstić information content (AvgIpc) is 2.87. The standard InChI is InChI=1S/C12H12O4/c1-8-2-5-12(15-8)11(14)6-9-3-4-10(7-13)16-9/h2-5,7,11,14H,6H2,1H3. The number of hydrogen-bond donors (Lipinski definition) is 1. The highest BCUT2D eigenvalue weighted by molar-refractivity contribution is 5.70. The lowest BCUT2D eigenvalue weighted by Crippen LogP contribution is -1.99. The number of aryl methyl sites for hydroxylation is 1. The fourth-order valence-corrected chi connectivity index (χ4v) is 1.49. The zero-order valence-corrected chi connectivity index (χ0v) is 8.84. The van der Waals surface area contributed by atoms with Crippen LogP contribution in [0.25, 0.3) is 0 Å². The number of aldehydes is 1. The summed E-state index contributed by atoms with van der Waals surface area (Å²) in [5.41, 5.74) is 0. The van der Waals surface area contributed by atoms with Gasteiger partial charge in [-0.25, -0.2) is 0 Å². The van der Waals surface area contributed by atoms with Crippen molar-refractivity contribution in [3.8, 4) is 0 Å². The van der Waals surface area contributed by atoms with Gasteiger partial charge < -0.3 is 13.9 Å². The van der Waals surface area contributed by atoms with Gasteiger partial charge in [0.2, 0.25) is 0 Å². The van der Waals surface area contributed by atoms with Crippen LogP contribution in [0.3, 0.4) is 0 Å². The van der Waals surface area contributed by atoms with Crippen molar-refractivity contribution < 1.29 is 18.7 Å². The third-order valence-corrected chi connectivity index (χ3v) is 2.28. The maximum atomic E-state index is 10.4. The molecule has 0 aliphatic heterocycles. The van der Waals surface area contributed by atoms with E-state index in [0.717, 1.165) is 5.76 Å². The predicted octanol–water partition coefficient (Wildman–Crippen LogP) is 2.27. The van der Waals surface area contributed by atoms with Gasteiger partial charge in [-0.05, 0) is 31.2 Å². The average molecular weight is 220 g/mol. The number of furan rings is 2. The summed E-state index contributed by atoms with van der Waals surface area (Å²) in [6.45, 7) is 1.81. The lowest BCUT2D eigenvalue weighted by molar-refractivity contribution is 0.109. The molecular formula is C12H12O4. The molecule has 4 heteroatoms. The Morgan fingerprint density at radius 2 is 2.12 bits per heavy atom. The van der Waals surface area contributed by atoms with E-state index in [4.69, 9.17) is 8.83 Å². The molecule has 16 heavy (non-hydrogen) atoms. The highest BCUT2D eigenvalue weighted by Crippen LogP contribution is 2.21. The van der Waals surface area contributed by atoms with E-state index in [-0.39, 0.29) is 5.76 Å². The van der Waals surface area contributed by atoms with Gasteiger partial charge in [0.15, 0.2) is 12.0 Å². The molecule has 0 amide bonds. The molecule has 0 bridgehead atoms. The minimum absolute atomic E-state index is 0.262. The van der Waals surface area contributed by atoms with E-state index >= 15 is 0 Å². The second-order valence-corrected chi connectivity index (χ2v) is 3.59. The van der Waals surface area contributed by atoms with Crippen LogP contribution in [0.15, 0.2) is 33.1 Å². The Kier molecular flexibility index (Phi) is 2.92. The number of carbonyl (C=O) groups excluding carboxylic acids is 1. The van der Waals surface area contributed by atoms with Gasteiger partial charge in [-0.15, -0.1) is 0 Å². The van der Waals surface area contributed by atoms with Crippen molar-refractivity contribution in [1.82, 2.24) is 0 Å². The summed E-state index contributed by atoms with van der Waals surface area (Å²) in [5, 5.41) is 9.83. The van der Waals surface area contributed by atoms with Gasteiger partial charge in [0.25, 0.3) is 0 Å². The Hall–Kier alpha value is -1.81. The SMILES string of the molecule is Cc1ccc(C(O)Cc2ccc(C=O)o2)o1. The minimum atomic E-state index is -0.751. The number of aliphatic hydroxyl groups is 1. The van der Waals surface area contributed by atoms with Crippen LogP contribution in [0.5, 0.6) is 0 Å². The van der Waals surface area contributed by atoms with Gasteiger partial charge in [0, 0.05) is 6.42 Å². The summed E-state index contributed by atoms with van der Waals surface area (Å²) in [5.74, 6) is 2.07. The van der Waals surface area contributed by atoms with Gasteiger partial charge in [0.05, 0.1) is 0 Å². The Morgan fingerprint density at radius 1 is 1.31 bits per heavy atom. The zero-order valence-electron chi connectivity index (χ0n) is 8.84. The van der Waals surface area contributed by atoms with E-state index in [2.05, 4.69) is 0 Å². The van der Waals surface area contributed by atoms with Crippen LogP contribution in [0, 0.1) is 6.92 Å². The maximum Gasteiger partial charge on any atom is 0.185 e. The molecular weight excluding hydrogens is 208 g/mol. The largest absolute Gasteiger partial charge is 0.464 e. The van der Waals surface area contributed by atoms with E-state index in [1.54, 1.807) is 24.3 Å². The molecule has 4 nitrogen and oxygen atoms in total. The first-order valence-electron chi connectivity index (χ1n) is 4.97. The summed E-state index contributed by atoms with van der Waals surface area (Å²) in [7, 11) is 0. The minimum Gasteiger partial charge on any atom is -0.464 e. The summed E-state index contributed by atoms with van der Waals surface area (Å²) >= 11 is 0. The number of aliphatic hydroxyl groups excluding tert-OH is 1. The third kappa shape index (κ3) is 2.23. The Labute approximate surface area is 92.5 Å². The van der Waals surface area contributed by atoms with Crippen molar-refractivity contribution in [2.24, 2.45) is 0 Å². The van der Waals surface area contributed by atoms with E-state index < -0.39 is 6.10 Å². The molecule has 0 saturated carbocycles. The van der Waals surface area contributed by atoms with Gasteiger partial charge in [0.1, 0.15) is 23.4 Å². The number of hydrogen-bond acceptors (Lipinski definition) is 4. The second-order valence-electron chi connectivity index (χ2n) is 3.59. The first-order valence-corrected chi connectivity index (χ1v) is 4.97. The molecule has 0 saturated heterocycles. The van der Waals surface area contributed by atoms with Crippen molar-refractivity contribution in [3.05, 3.63) is 47.3 Å². The molecule has 1 atom stereocenters. The molecule has 84 valence electrons. The number of carbonyl (C=O) groups is 1. The van der Waals surface area contributed by atoms with Crippen LogP contribution in [0.1, 0.15) is 33.9 Å². The monoisotopic (exact) mass is 220 g/mol. The van der Waals surface area contributed by atoms with Crippen molar-refractivity contribution in [1.29, 1.82) is 0 Å². The Morgan fingerprint density at radius 3 is 2.69 bits per heavy atom. The quantitative estimate of drug-likeness (QED) is 0.803. The molecule has 0 aliphatic rings. The van der Waals surface area contributed by atoms with Crippen LogP contribution in [-0.4, -0.2) is 11.4 Å². The molecule has 0 aliphatic carbocycles. The zero-order chi connectivity index (χ0) is 11.5. The molecule has 2 aromatic rings. The van der Waals surface area contributed by atoms with E-state index in [1.807, 2.05) is 6.92 Å². The summed E-state index contributed by atoms with van der Waals surface area (Å²) in [6.07, 6.45) is 0.174. The lowest BCUT2D eigenvalue weighted by atomic mass is 10.2. The highest BCUT2D eigenvalue weighted by Gasteiger charge is 2.14. The van der Waals surface area contributed by atoms with Crippen molar-refractivity contribution in [3.63, 3.8) is 0 Å². The van der Waals surface area contributed by atoms with Crippen LogP contribution < -0.4 is 0 Å². The normalized spacial score (nSPS) is 12.6. The summed E-state index contributed by atoms with van der Waals surface area (Å²) < 4.78 is 10.5. The van der Waals surface area contributed by atoms with Gasteiger partial charge in [-0.2, -0.15) is 0 Å². The first-order chi connectivity index (χ1) is 7.69.